The zero-order chi connectivity index (χ0) is 15.1. The molecule has 1 aromatic carbocycles. The molecule has 2 aromatic rings. The molecule has 0 radical (unpaired) electrons. The van der Waals surface area contributed by atoms with E-state index in [1.165, 1.54) is 13.4 Å². The molecule has 6 heteroatoms. The number of benzene rings is 1. The molecule has 0 aliphatic heterocycles. The van der Waals surface area contributed by atoms with Gasteiger partial charge in [-0.25, -0.2) is 8.42 Å². The van der Waals surface area contributed by atoms with Gasteiger partial charge in [-0.3, -0.25) is 4.79 Å². The van der Waals surface area contributed by atoms with E-state index >= 15 is 0 Å². The summed E-state index contributed by atoms with van der Waals surface area (Å²) in [6.07, 6.45) is 1.30. The smallest absolute Gasteiger partial charge is 0.310 e. The third kappa shape index (κ3) is 2.43. The lowest BCUT2D eigenvalue weighted by Crippen LogP contribution is -2.05. The predicted molar refractivity (Wildman–Crippen MR) is 76.5 cm³/mol. The minimum Gasteiger partial charge on any atom is -0.469 e. The van der Waals surface area contributed by atoms with Crippen molar-refractivity contribution >= 4 is 26.7 Å². The first-order valence-corrected chi connectivity index (χ1v) is 7.99. The normalized spacial score (nSPS) is 11.8. The van der Waals surface area contributed by atoms with E-state index in [2.05, 4.69) is 0 Å². The summed E-state index contributed by atoms with van der Waals surface area (Å²) in [4.78, 5) is 11.8. The van der Waals surface area contributed by atoms with Crippen molar-refractivity contribution in [2.24, 2.45) is 7.05 Å². The molecule has 0 atom stereocenters. The van der Waals surface area contributed by atoms with Crippen LogP contribution in [0, 0.1) is 6.92 Å². The topological polar surface area (TPSA) is 65.4 Å². The van der Waals surface area contributed by atoms with Crippen molar-refractivity contribution in [3.63, 3.8) is 0 Å². The number of carbonyl (C=O) groups is 1. The number of aromatic nitrogens is 1. The lowest BCUT2D eigenvalue weighted by atomic mass is 10.1. The van der Waals surface area contributed by atoms with Crippen LogP contribution in [0.25, 0.3) is 10.9 Å². The van der Waals surface area contributed by atoms with Gasteiger partial charge < -0.3 is 9.30 Å². The van der Waals surface area contributed by atoms with Crippen LogP contribution in [-0.4, -0.2) is 32.3 Å². The van der Waals surface area contributed by atoms with E-state index in [1.54, 1.807) is 18.2 Å². The molecule has 0 fully saturated rings. The number of sulfone groups is 1. The Balaban J connectivity index is 2.72. The third-order valence-electron chi connectivity index (χ3n) is 3.57. The second-order valence-corrected chi connectivity index (χ2v) is 6.84. The van der Waals surface area contributed by atoms with Crippen molar-refractivity contribution in [2.75, 3.05) is 13.4 Å². The number of nitrogens with zero attached hydrogens (tertiary/aromatic N) is 1. The summed E-state index contributed by atoms with van der Waals surface area (Å²) in [7, 11) is -0.0486. The number of methoxy groups -OCH3 is 1. The number of esters is 1. The highest BCUT2D eigenvalue weighted by atomic mass is 32.2. The minimum absolute atomic E-state index is 0.132. The quantitative estimate of drug-likeness (QED) is 0.807. The van der Waals surface area contributed by atoms with Crippen molar-refractivity contribution < 1.29 is 17.9 Å². The summed E-state index contributed by atoms with van der Waals surface area (Å²) in [6.45, 7) is 1.90. The second kappa shape index (κ2) is 4.94. The van der Waals surface area contributed by atoms with Gasteiger partial charge in [-0.2, -0.15) is 0 Å². The van der Waals surface area contributed by atoms with E-state index in [0.29, 0.717) is 0 Å². The first kappa shape index (κ1) is 14.6. The maximum atomic E-state index is 11.7. The van der Waals surface area contributed by atoms with E-state index < -0.39 is 9.84 Å². The van der Waals surface area contributed by atoms with E-state index in [1.807, 2.05) is 18.5 Å². The number of hydrogen-bond acceptors (Lipinski definition) is 4. The Kier molecular flexibility index (Phi) is 3.60. The van der Waals surface area contributed by atoms with Gasteiger partial charge in [-0.1, -0.05) is 0 Å². The van der Waals surface area contributed by atoms with Gasteiger partial charge in [-0.05, 0) is 30.7 Å². The summed E-state index contributed by atoms with van der Waals surface area (Å²) in [5.74, 6) is -0.342. The molecule has 0 saturated carbocycles. The van der Waals surface area contributed by atoms with Crippen LogP contribution in [0.4, 0.5) is 0 Å². The van der Waals surface area contributed by atoms with Gasteiger partial charge in [0.15, 0.2) is 9.84 Å². The molecule has 20 heavy (non-hydrogen) atoms. The van der Waals surface area contributed by atoms with Crippen molar-refractivity contribution in [2.45, 2.75) is 18.2 Å². The van der Waals surface area contributed by atoms with Gasteiger partial charge in [0.1, 0.15) is 0 Å². The lowest BCUT2D eigenvalue weighted by Gasteiger charge is -2.02. The largest absolute Gasteiger partial charge is 0.469 e. The highest BCUT2D eigenvalue weighted by Gasteiger charge is 2.17. The third-order valence-corrected chi connectivity index (χ3v) is 4.68. The molecule has 0 amide bonds. The molecule has 0 spiro atoms. The lowest BCUT2D eigenvalue weighted by molar-refractivity contribution is -0.139. The molecule has 2 rings (SSSR count). The number of carbonyl (C=O) groups excluding carboxylic acids is 1. The van der Waals surface area contributed by atoms with Crippen molar-refractivity contribution in [1.29, 1.82) is 0 Å². The van der Waals surface area contributed by atoms with E-state index in [4.69, 9.17) is 4.74 Å². The predicted octanol–water partition coefficient (Wildman–Crippen LogP) is 1.61. The van der Waals surface area contributed by atoms with Crippen LogP contribution in [0.15, 0.2) is 23.1 Å². The molecule has 1 heterocycles. The van der Waals surface area contributed by atoms with Crippen molar-refractivity contribution in [3.05, 3.63) is 29.5 Å². The maximum absolute atomic E-state index is 11.7. The molecule has 0 saturated heterocycles. The second-order valence-electron chi connectivity index (χ2n) is 4.83. The fourth-order valence-electron chi connectivity index (χ4n) is 2.30. The highest BCUT2D eigenvalue weighted by molar-refractivity contribution is 7.90. The van der Waals surface area contributed by atoms with E-state index in [-0.39, 0.29) is 17.3 Å². The van der Waals surface area contributed by atoms with Gasteiger partial charge in [-0.15, -0.1) is 0 Å². The summed E-state index contributed by atoms with van der Waals surface area (Å²) in [6, 6.07) is 4.97. The Hall–Kier alpha value is -1.82. The number of ether oxygens (including phenoxy) is 1. The number of hydrogen-bond donors (Lipinski definition) is 0. The number of rotatable bonds is 3. The van der Waals surface area contributed by atoms with Gasteiger partial charge in [0.25, 0.3) is 0 Å². The van der Waals surface area contributed by atoms with Crippen LogP contribution in [0.3, 0.4) is 0 Å². The van der Waals surface area contributed by atoms with E-state index in [0.717, 1.165) is 22.2 Å². The number of fused-ring (bicyclic) bond motifs is 1. The molecule has 0 unspecified atom stereocenters. The monoisotopic (exact) mass is 295 g/mol. The van der Waals surface area contributed by atoms with Crippen LogP contribution in [-0.2, 0) is 32.8 Å². The SMILES string of the molecule is COC(=O)Cc1c(C)n(C)c2ccc(S(C)(=O)=O)cc12. The Morgan fingerprint density at radius 1 is 1.35 bits per heavy atom. The molecule has 0 N–H and O–H groups in total. The standard InChI is InChI=1S/C14H17NO4S/c1-9-11(8-14(16)19-3)12-7-10(20(4,17)18)5-6-13(12)15(9)2/h5-7H,8H2,1-4H3. The molecule has 5 nitrogen and oxygen atoms in total. The molecular formula is C14H17NO4S. The fourth-order valence-corrected chi connectivity index (χ4v) is 2.94. The molecular weight excluding hydrogens is 278 g/mol. The Bertz CT molecular complexity index is 787. The fraction of sp³-hybridized carbons (Fsp3) is 0.357. The first-order valence-electron chi connectivity index (χ1n) is 6.10. The van der Waals surface area contributed by atoms with Crippen LogP contribution in [0.2, 0.25) is 0 Å². The van der Waals surface area contributed by atoms with Crippen molar-refractivity contribution in [3.8, 4) is 0 Å². The van der Waals surface area contributed by atoms with Crippen LogP contribution < -0.4 is 0 Å². The Morgan fingerprint density at radius 2 is 2.00 bits per heavy atom. The molecule has 0 aliphatic carbocycles. The number of aryl methyl sites for hydroxylation is 1. The molecule has 108 valence electrons. The summed E-state index contributed by atoms with van der Waals surface area (Å²) < 4.78 is 30.0. The molecule has 0 aliphatic rings. The Labute approximate surface area is 118 Å². The minimum atomic E-state index is -3.27. The molecule has 1 aromatic heterocycles. The van der Waals surface area contributed by atoms with Crippen LogP contribution in [0.5, 0.6) is 0 Å². The van der Waals surface area contributed by atoms with E-state index in [9.17, 15) is 13.2 Å². The summed E-state index contributed by atoms with van der Waals surface area (Å²) >= 11 is 0. The summed E-state index contributed by atoms with van der Waals surface area (Å²) in [5.41, 5.74) is 2.63. The van der Waals surface area contributed by atoms with Crippen molar-refractivity contribution in [1.82, 2.24) is 4.57 Å². The van der Waals surface area contributed by atoms with Gasteiger partial charge in [0.2, 0.25) is 0 Å². The van der Waals surface area contributed by atoms with Crippen LogP contribution in [0.1, 0.15) is 11.3 Å². The van der Waals surface area contributed by atoms with Gasteiger partial charge >= 0.3 is 5.97 Å². The van der Waals surface area contributed by atoms with Crippen LogP contribution >= 0.6 is 0 Å². The first-order chi connectivity index (χ1) is 9.25. The zero-order valence-electron chi connectivity index (χ0n) is 11.9. The maximum Gasteiger partial charge on any atom is 0.310 e. The summed E-state index contributed by atoms with van der Waals surface area (Å²) in [5, 5.41) is 0.776. The Morgan fingerprint density at radius 3 is 2.55 bits per heavy atom. The zero-order valence-corrected chi connectivity index (χ0v) is 12.7. The molecule has 0 bridgehead atoms. The average Bonchev–Trinajstić information content (AvgIpc) is 2.62. The van der Waals surface area contributed by atoms with Gasteiger partial charge in [0, 0.05) is 29.9 Å². The van der Waals surface area contributed by atoms with Gasteiger partial charge in [0.05, 0.1) is 18.4 Å². The average molecular weight is 295 g/mol. The highest BCUT2D eigenvalue weighted by Crippen LogP contribution is 2.28.